The lowest BCUT2D eigenvalue weighted by Gasteiger charge is -2.43. The van der Waals surface area contributed by atoms with Crippen molar-refractivity contribution in [3.63, 3.8) is 0 Å². The smallest absolute Gasteiger partial charge is 0.255 e. The normalized spacial score (nSPS) is 17.3. The maximum Gasteiger partial charge on any atom is 0.255 e. The standard InChI is InChI=1S/C28H33N5O2S/c1-19(25(34)30-27-29-11-16-36-27)33-18-22-6-5-21(17-24(22)26(33)35)20-7-9-23(10-8-20)31-12-14-32(15-13-31)28(2,3)4/h5-11,16-17,19H,12-15,18H2,1-4H3,(H,29,30,34)/t19-/m1/s1. The van der Waals surface area contributed by atoms with Crippen LogP contribution in [0.5, 0.6) is 0 Å². The van der Waals surface area contributed by atoms with Gasteiger partial charge in [-0.25, -0.2) is 4.98 Å². The van der Waals surface area contributed by atoms with Crippen molar-refractivity contribution in [2.24, 2.45) is 0 Å². The Bertz CT molecular complexity index is 1240. The van der Waals surface area contributed by atoms with Crippen LogP contribution in [0.15, 0.2) is 54.0 Å². The molecule has 2 aliphatic rings. The third-order valence-corrected chi connectivity index (χ3v) is 7.93. The molecule has 1 saturated heterocycles. The van der Waals surface area contributed by atoms with E-state index in [9.17, 15) is 9.59 Å². The molecule has 5 rings (SSSR count). The lowest BCUT2D eigenvalue weighted by atomic mass is 10.00. The van der Waals surface area contributed by atoms with E-state index in [1.54, 1.807) is 23.4 Å². The molecular formula is C28H33N5O2S. The number of hydrogen-bond acceptors (Lipinski definition) is 6. The minimum absolute atomic E-state index is 0.109. The maximum atomic E-state index is 13.2. The topological polar surface area (TPSA) is 68.8 Å². The monoisotopic (exact) mass is 503 g/mol. The molecular weight excluding hydrogens is 470 g/mol. The molecule has 0 saturated carbocycles. The Morgan fingerprint density at radius 3 is 2.36 bits per heavy atom. The summed E-state index contributed by atoms with van der Waals surface area (Å²) >= 11 is 1.36. The number of piperazine rings is 1. The van der Waals surface area contributed by atoms with E-state index in [0.29, 0.717) is 17.2 Å². The largest absolute Gasteiger partial charge is 0.369 e. The predicted octanol–water partition coefficient (Wildman–Crippen LogP) is 4.71. The van der Waals surface area contributed by atoms with E-state index < -0.39 is 6.04 Å². The van der Waals surface area contributed by atoms with Gasteiger partial charge in [0.15, 0.2) is 5.13 Å². The molecule has 8 heteroatoms. The number of amides is 2. The van der Waals surface area contributed by atoms with Crippen LogP contribution in [0.3, 0.4) is 0 Å². The Hall–Kier alpha value is -3.23. The first kappa shape index (κ1) is 24.5. The van der Waals surface area contributed by atoms with E-state index in [1.165, 1.54) is 17.0 Å². The molecule has 1 N–H and O–H groups in total. The molecule has 0 bridgehead atoms. The maximum absolute atomic E-state index is 13.2. The lowest BCUT2D eigenvalue weighted by Crippen LogP contribution is -2.53. The van der Waals surface area contributed by atoms with Crippen molar-refractivity contribution in [3.8, 4) is 11.1 Å². The molecule has 7 nitrogen and oxygen atoms in total. The summed E-state index contributed by atoms with van der Waals surface area (Å²) in [6, 6.07) is 14.1. The molecule has 2 aliphatic heterocycles. The van der Waals surface area contributed by atoms with E-state index in [-0.39, 0.29) is 17.4 Å². The summed E-state index contributed by atoms with van der Waals surface area (Å²) in [5.74, 6) is -0.341. The molecule has 0 aliphatic carbocycles. The van der Waals surface area contributed by atoms with E-state index in [1.807, 2.05) is 12.1 Å². The first-order valence-electron chi connectivity index (χ1n) is 12.5. The number of hydrogen-bond donors (Lipinski definition) is 1. The minimum atomic E-state index is -0.588. The van der Waals surface area contributed by atoms with Crippen LogP contribution in [0, 0.1) is 0 Å². The van der Waals surface area contributed by atoms with E-state index in [4.69, 9.17) is 0 Å². The van der Waals surface area contributed by atoms with Gasteiger partial charge in [0, 0.05) is 61.1 Å². The summed E-state index contributed by atoms with van der Waals surface area (Å²) in [6.07, 6.45) is 1.64. The van der Waals surface area contributed by atoms with Crippen LogP contribution in [0.2, 0.25) is 0 Å². The number of carbonyl (C=O) groups excluding carboxylic acids is 2. The van der Waals surface area contributed by atoms with Crippen molar-refractivity contribution in [1.29, 1.82) is 0 Å². The third kappa shape index (κ3) is 4.88. The van der Waals surface area contributed by atoms with Crippen LogP contribution in [0.25, 0.3) is 11.1 Å². The van der Waals surface area contributed by atoms with Crippen molar-refractivity contribution < 1.29 is 9.59 Å². The second kappa shape index (κ2) is 9.67. The Morgan fingerprint density at radius 2 is 1.72 bits per heavy atom. The summed E-state index contributed by atoms with van der Waals surface area (Å²) in [5, 5.41) is 5.14. The molecule has 0 spiro atoms. The number of rotatable bonds is 5. The fraction of sp³-hybridized carbons (Fsp3) is 0.393. The number of nitrogens with zero attached hydrogens (tertiary/aromatic N) is 4. The number of nitrogens with one attached hydrogen (secondary N) is 1. The molecule has 3 heterocycles. The summed E-state index contributed by atoms with van der Waals surface area (Å²) < 4.78 is 0. The van der Waals surface area contributed by atoms with E-state index in [0.717, 1.165) is 42.9 Å². The second-order valence-corrected chi connectivity index (χ2v) is 11.4. The first-order valence-corrected chi connectivity index (χ1v) is 13.3. The van der Waals surface area contributed by atoms with Gasteiger partial charge in [-0.05, 0) is 62.6 Å². The van der Waals surface area contributed by atoms with E-state index >= 15 is 0 Å². The molecule has 1 atom stereocenters. The highest BCUT2D eigenvalue weighted by Gasteiger charge is 2.34. The summed E-state index contributed by atoms with van der Waals surface area (Å²) in [6.45, 7) is 13.2. The Morgan fingerprint density at radius 1 is 1.03 bits per heavy atom. The van der Waals surface area contributed by atoms with Crippen molar-refractivity contribution in [3.05, 3.63) is 65.2 Å². The van der Waals surface area contributed by atoms with Gasteiger partial charge in [-0.15, -0.1) is 11.3 Å². The van der Waals surface area contributed by atoms with Crippen LogP contribution in [-0.2, 0) is 11.3 Å². The van der Waals surface area contributed by atoms with Gasteiger partial charge in [0.25, 0.3) is 5.91 Å². The van der Waals surface area contributed by atoms with Gasteiger partial charge in [0.05, 0.1) is 0 Å². The number of fused-ring (bicyclic) bond motifs is 1. The molecule has 0 unspecified atom stereocenters. The Balaban J connectivity index is 1.26. The zero-order valence-electron chi connectivity index (χ0n) is 21.3. The molecule has 3 aromatic rings. The van der Waals surface area contributed by atoms with Crippen LogP contribution in [0.4, 0.5) is 10.8 Å². The minimum Gasteiger partial charge on any atom is -0.369 e. The summed E-state index contributed by atoms with van der Waals surface area (Å²) in [5.41, 5.74) is 5.15. The highest BCUT2D eigenvalue weighted by atomic mass is 32.1. The van der Waals surface area contributed by atoms with Gasteiger partial charge >= 0.3 is 0 Å². The zero-order chi connectivity index (χ0) is 25.4. The molecule has 1 aromatic heterocycles. The Labute approximate surface area is 216 Å². The Kier molecular flexibility index (Phi) is 6.57. The fourth-order valence-corrected chi connectivity index (χ4v) is 5.48. The second-order valence-electron chi connectivity index (χ2n) is 10.5. The number of benzene rings is 2. The highest BCUT2D eigenvalue weighted by Crippen LogP contribution is 2.31. The number of anilines is 2. The predicted molar refractivity (Wildman–Crippen MR) is 145 cm³/mol. The number of thiazole rings is 1. The van der Waals surface area contributed by atoms with Gasteiger partial charge in [-0.2, -0.15) is 0 Å². The molecule has 2 aromatic carbocycles. The molecule has 0 radical (unpaired) electrons. The quantitative estimate of drug-likeness (QED) is 0.546. The fourth-order valence-electron chi connectivity index (χ4n) is 4.95. The molecule has 188 valence electrons. The van der Waals surface area contributed by atoms with Crippen molar-refractivity contribution in [2.75, 3.05) is 36.4 Å². The number of aromatic nitrogens is 1. The van der Waals surface area contributed by atoms with Gasteiger partial charge in [-0.3, -0.25) is 14.5 Å². The van der Waals surface area contributed by atoms with E-state index in [2.05, 4.69) is 71.2 Å². The lowest BCUT2D eigenvalue weighted by molar-refractivity contribution is -0.120. The van der Waals surface area contributed by atoms with Crippen LogP contribution < -0.4 is 10.2 Å². The van der Waals surface area contributed by atoms with Crippen LogP contribution in [0.1, 0.15) is 43.6 Å². The average Bonchev–Trinajstić information content (AvgIpc) is 3.50. The average molecular weight is 504 g/mol. The van der Waals surface area contributed by atoms with Crippen LogP contribution >= 0.6 is 11.3 Å². The number of carbonyl (C=O) groups is 2. The van der Waals surface area contributed by atoms with Gasteiger partial charge in [-0.1, -0.05) is 24.3 Å². The first-order chi connectivity index (χ1) is 17.2. The van der Waals surface area contributed by atoms with Crippen LogP contribution in [-0.4, -0.2) is 64.4 Å². The van der Waals surface area contributed by atoms with Crippen molar-refractivity contribution in [2.45, 2.75) is 45.8 Å². The molecule has 2 amide bonds. The van der Waals surface area contributed by atoms with Gasteiger partial charge < -0.3 is 15.1 Å². The zero-order valence-corrected chi connectivity index (χ0v) is 22.1. The summed E-state index contributed by atoms with van der Waals surface area (Å²) in [7, 11) is 0. The van der Waals surface area contributed by atoms with Gasteiger partial charge in [0.2, 0.25) is 5.91 Å². The highest BCUT2D eigenvalue weighted by molar-refractivity contribution is 7.13. The van der Waals surface area contributed by atoms with Gasteiger partial charge in [0.1, 0.15) is 6.04 Å². The molecule has 1 fully saturated rings. The SMILES string of the molecule is C[C@H](C(=O)Nc1nccs1)N1Cc2ccc(-c3ccc(N4CCN(C(C)(C)C)CC4)cc3)cc2C1=O. The van der Waals surface area contributed by atoms with Crippen molar-refractivity contribution in [1.82, 2.24) is 14.8 Å². The third-order valence-electron chi connectivity index (χ3n) is 7.25. The van der Waals surface area contributed by atoms with Crippen molar-refractivity contribution >= 4 is 34.0 Å². The molecule has 36 heavy (non-hydrogen) atoms. The summed E-state index contributed by atoms with van der Waals surface area (Å²) in [4.78, 5) is 36.6.